The normalized spacial score (nSPS) is 15.5. The van der Waals surface area contributed by atoms with Crippen LogP contribution in [0.25, 0.3) is 0 Å². The van der Waals surface area contributed by atoms with Gasteiger partial charge in [0.25, 0.3) is 0 Å². The Bertz CT molecular complexity index is 471. The smallest absolute Gasteiger partial charge is 0.327 e. The molecule has 1 aliphatic carbocycles. The van der Waals surface area contributed by atoms with Crippen LogP contribution in [0.3, 0.4) is 0 Å². The Hall–Kier alpha value is -1.88. The maximum atomic E-state index is 12.0. The van der Waals surface area contributed by atoms with E-state index in [0.717, 1.165) is 18.4 Å². The summed E-state index contributed by atoms with van der Waals surface area (Å²) in [5, 5.41) is 2.98. The number of benzene rings is 1. The number of esters is 1. The summed E-state index contributed by atoms with van der Waals surface area (Å²) in [7, 11) is 3.15. The summed E-state index contributed by atoms with van der Waals surface area (Å²) in [6, 6.07) is 9.02. The summed E-state index contributed by atoms with van der Waals surface area (Å²) in [5.74, 6) is -0.393. The average Bonchev–Trinajstić information content (AvgIpc) is 3.31. The van der Waals surface area contributed by atoms with Crippen molar-refractivity contribution in [3.8, 4) is 0 Å². The predicted molar refractivity (Wildman–Crippen MR) is 75.0 cm³/mol. The van der Waals surface area contributed by atoms with Crippen molar-refractivity contribution in [2.24, 2.45) is 0 Å². The molecule has 0 aromatic heterocycles. The lowest BCUT2D eigenvalue weighted by molar-refractivity contribution is -0.143. The standard InChI is InChI=1S/C15H20N2O3/c1-17(12-8-9-12)13(18)10-16-14(15(19)20-2)11-6-4-3-5-7-11/h3-7,12,14,16H,8-10H2,1-2H3. The minimum Gasteiger partial charge on any atom is -0.468 e. The molecule has 5 heteroatoms. The van der Waals surface area contributed by atoms with E-state index in [-0.39, 0.29) is 12.5 Å². The fourth-order valence-corrected chi connectivity index (χ4v) is 2.08. The number of ether oxygens (including phenoxy) is 1. The third-order valence-electron chi connectivity index (χ3n) is 3.52. The first-order valence-electron chi connectivity index (χ1n) is 6.75. The molecule has 1 aliphatic rings. The van der Waals surface area contributed by atoms with Crippen LogP contribution in [0, 0.1) is 0 Å². The van der Waals surface area contributed by atoms with Crippen molar-refractivity contribution in [2.75, 3.05) is 20.7 Å². The van der Waals surface area contributed by atoms with Gasteiger partial charge in [-0.15, -0.1) is 0 Å². The lowest BCUT2D eigenvalue weighted by Gasteiger charge is -2.20. The van der Waals surface area contributed by atoms with Crippen LogP contribution in [0.5, 0.6) is 0 Å². The summed E-state index contributed by atoms with van der Waals surface area (Å²) >= 11 is 0. The van der Waals surface area contributed by atoms with E-state index in [1.54, 1.807) is 11.9 Å². The van der Waals surface area contributed by atoms with Gasteiger partial charge in [-0.3, -0.25) is 10.1 Å². The number of carbonyl (C=O) groups excluding carboxylic acids is 2. The van der Waals surface area contributed by atoms with Crippen molar-refractivity contribution in [3.63, 3.8) is 0 Å². The van der Waals surface area contributed by atoms with E-state index in [4.69, 9.17) is 4.74 Å². The molecule has 0 heterocycles. The maximum absolute atomic E-state index is 12.0. The molecule has 2 rings (SSSR count). The van der Waals surface area contributed by atoms with Crippen LogP contribution < -0.4 is 5.32 Å². The van der Waals surface area contributed by atoms with E-state index in [0.29, 0.717) is 6.04 Å². The minimum absolute atomic E-state index is 0.00247. The summed E-state index contributed by atoms with van der Waals surface area (Å²) < 4.78 is 4.79. The maximum Gasteiger partial charge on any atom is 0.327 e. The van der Waals surface area contributed by atoms with Gasteiger partial charge in [-0.05, 0) is 18.4 Å². The van der Waals surface area contributed by atoms with Crippen LogP contribution >= 0.6 is 0 Å². The van der Waals surface area contributed by atoms with Crippen molar-refractivity contribution in [2.45, 2.75) is 24.9 Å². The quantitative estimate of drug-likeness (QED) is 0.791. The second kappa shape index (κ2) is 6.52. The first-order chi connectivity index (χ1) is 9.63. The van der Waals surface area contributed by atoms with E-state index in [1.807, 2.05) is 30.3 Å². The number of amides is 1. The molecule has 1 saturated carbocycles. The molecule has 0 radical (unpaired) electrons. The van der Waals surface area contributed by atoms with E-state index in [2.05, 4.69) is 5.32 Å². The van der Waals surface area contributed by atoms with E-state index in [9.17, 15) is 9.59 Å². The van der Waals surface area contributed by atoms with Crippen molar-refractivity contribution in [1.29, 1.82) is 0 Å². The molecule has 0 spiro atoms. The van der Waals surface area contributed by atoms with Crippen LogP contribution in [0.15, 0.2) is 30.3 Å². The van der Waals surface area contributed by atoms with Gasteiger partial charge in [-0.2, -0.15) is 0 Å². The molecule has 1 fully saturated rings. The number of nitrogens with one attached hydrogen (secondary N) is 1. The molecule has 108 valence electrons. The second-order valence-corrected chi connectivity index (χ2v) is 4.98. The number of rotatable bonds is 6. The van der Waals surface area contributed by atoms with E-state index in [1.165, 1.54) is 7.11 Å². The van der Waals surface area contributed by atoms with Crippen molar-refractivity contribution in [3.05, 3.63) is 35.9 Å². The Balaban J connectivity index is 1.97. The number of hydrogen-bond acceptors (Lipinski definition) is 4. The van der Waals surface area contributed by atoms with Crippen LogP contribution in [0.2, 0.25) is 0 Å². The Morgan fingerprint density at radius 2 is 2.00 bits per heavy atom. The monoisotopic (exact) mass is 276 g/mol. The van der Waals surface area contributed by atoms with Crippen molar-refractivity contribution in [1.82, 2.24) is 10.2 Å². The van der Waals surface area contributed by atoms with Crippen LogP contribution in [0.1, 0.15) is 24.4 Å². The zero-order valence-electron chi connectivity index (χ0n) is 11.8. The molecule has 5 nitrogen and oxygen atoms in total. The first kappa shape index (κ1) is 14.5. The Kier molecular flexibility index (Phi) is 4.74. The SMILES string of the molecule is COC(=O)C(NCC(=O)N(C)C1CC1)c1ccccc1. The average molecular weight is 276 g/mol. The number of carbonyl (C=O) groups is 2. The van der Waals surface area contributed by atoms with Crippen LogP contribution in [0.4, 0.5) is 0 Å². The number of likely N-dealkylation sites (N-methyl/N-ethyl adjacent to an activating group) is 1. The molecule has 20 heavy (non-hydrogen) atoms. The number of methoxy groups -OCH3 is 1. The lowest BCUT2D eigenvalue weighted by atomic mass is 10.1. The fraction of sp³-hybridized carbons (Fsp3) is 0.467. The van der Waals surface area contributed by atoms with Gasteiger partial charge in [0.15, 0.2) is 0 Å². The molecule has 1 amide bonds. The molecular weight excluding hydrogens is 256 g/mol. The van der Waals surface area contributed by atoms with Gasteiger partial charge < -0.3 is 9.64 Å². The number of nitrogens with zero attached hydrogens (tertiary/aromatic N) is 1. The van der Waals surface area contributed by atoms with E-state index < -0.39 is 12.0 Å². The highest BCUT2D eigenvalue weighted by molar-refractivity contribution is 5.81. The third-order valence-corrected chi connectivity index (χ3v) is 3.52. The number of hydrogen-bond donors (Lipinski definition) is 1. The van der Waals surface area contributed by atoms with Crippen molar-refractivity contribution >= 4 is 11.9 Å². The molecular formula is C15H20N2O3. The summed E-state index contributed by atoms with van der Waals surface area (Å²) in [5.41, 5.74) is 0.793. The highest BCUT2D eigenvalue weighted by Gasteiger charge is 2.30. The molecule has 0 bridgehead atoms. The molecule has 0 aliphatic heterocycles. The van der Waals surface area contributed by atoms with Gasteiger partial charge in [0.1, 0.15) is 6.04 Å². The summed E-state index contributed by atoms with van der Waals surface area (Å²) in [6.07, 6.45) is 2.14. The molecule has 0 saturated heterocycles. The minimum atomic E-state index is -0.613. The van der Waals surface area contributed by atoms with Crippen LogP contribution in [-0.4, -0.2) is 43.5 Å². The lowest BCUT2D eigenvalue weighted by Crippen LogP contribution is -2.40. The Morgan fingerprint density at radius 1 is 1.35 bits per heavy atom. The zero-order chi connectivity index (χ0) is 14.5. The van der Waals surface area contributed by atoms with Crippen LogP contribution in [-0.2, 0) is 14.3 Å². The highest BCUT2D eigenvalue weighted by atomic mass is 16.5. The summed E-state index contributed by atoms with van der Waals surface area (Å²) in [6.45, 7) is 0.127. The third kappa shape index (κ3) is 3.57. The van der Waals surface area contributed by atoms with Gasteiger partial charge in [-0.25, -0.2) is 4.79 Å². The molecule has 1 unspecified atom stereocenters. The zero-order valence-corrected chi connectivity index (χ0v) is 11.8. The Morgan fingerprint density at radius 3 is 2.55 bits per heavy atom. The molecule has 1 atom stereocenters. The van der Waals surface area contributed by atoms with Gasteiger partial charge in [0.05, 0.1) is 13.7 Å². The fourth-order valence-electron chi connectivity index (χ4n) is 2.08. The molecule has 1 aromatic rings. The summed E-state index contributed by atoms with van der Waals surface area (Å²) in [4.78, 5) is 25.6. The largest absolute Gasteiger partial charge is 0.468 e. The predicted octanol–water partition coefficient (Wildman–Crippen LogP) is 1.11. The van der Waals surface area contributed by atoms with Gasteiger partial charge >= 0.3 is 5.97 Å². The van der Waals surface area contributed by atoms with Crippen molar-refractivity contribution < 1.29 is 14.3 Å². The Labute approximate surface area is 118 Å². The van der Waals surface area contributed by atoms with E-state index >= 15 is 0 Å². The first-order valence-corrected chi connectivity index (χ1v) is 6.75. The molecule has 1 N–H and O–H groups in total. The molecule has 1 aromatic carbocycles. The second-order valence-electron chi connectivity index (χ2n) is 4.98. The van der Waals surface area contributed by atoms with Gasteiger partial charge in [-0.1, -0.05) is 30.3 Å². The topological polar surface area (TPSA) is 58.6 Å². The van der Waals surface area contributed by atoms with Gasteiger partial charge in [0.2, 0.25) is 5.91 Å². The van der Waals surface area contributed by atoms with Gasteiger partial charge in [0, 0.05) is 13.1 Å². The highest BCUT2D eigenvalue weighted by Crippen LogP contribution is 2.25.